The highest BCUT2D eigenvalue weighted by atomic mass is 19.4. The minimum atomic E-state index is -4.74. The lowest BCUT2D eigenvalue weighted by molar-refractivity contribution is -0.274. The van der Waals surface area contributed by atoms with Crippen LogP contribution in [0.3, 0.4) is 0 Å². The number of hydrogen-bond acceptors (Lipinski definition) is 2. The van der Waals surface area contributed by atoms with Crippen LogP contribution in [0.5, 0.6) is 5.75 Å². The Morgan fingerprint density at radius 1 is 1.55 bits per heavy atom. The van der Waals surface area contributed by atoms with Gasteiger partial charge in [0.1, 0.15) is 11.8 Å². The molecule has 0 heterocycles. The van der Waals surface area contributed by atoms with Crippen LogP contribution in [0.4, 0.5) is 18.9 Å². The Bertz CT molecular complexity index is 520. The van der Waals surface area contributed by atoms with Crippen molar-refractivity contribution in [1.82, 2.24) is 0 Å². The first-order chi connectivity index (χ1) is 9.34. The zero-order chi connectivity index (χ0) is 15.2. The molecule has 1 aromatic rings. The SMILES string of the molecule is C#CC(CC)N=C(N)Nc1cccc(OC(F)(F)F)c1. The van der Waals surface area contributed by atoms with Crippen molar-refractivity contribution in [2.45, 2.75) is 25.7 Å². The van der Waals surface area contributed by atoms with Crippen molar-refractivity contribution >= 4 is 11.6 Å². The van der Waals surface area contributed by atoms with Gasteiger partial charge in [0.2, 0.25) is 0 Å². The number of nitrogens with zero attached hydrogens (tertiary/aromatic N) is 1. The molecule has 0 fully saturated rings. The van der Waals surface area contributed by atoms with Crippen molar-refractivity contribution in [3.05, 3.63) is 24.3 Å². The van der Waals surface area contributed by atoms with Crippen LogP contribution in [0.15, 0.2) is 29.3 Å². The molecular formula is C13H14F3N3O. The molecule has 0 aliphatic carbocycles. The van der Waals surface area contributed by atoms with Gasteiger partial charge in [-0.15, -0.1) is 19.6 Å². The normalized spacial score (nSPS) is 13.4. The summed E-state index contributed by atoms with van der Waals surface area (Å²) in [5, 5.41) is 2.65. The van der Waals surface area contributed by atoms with Gasteiger partial charge < -0.3 is 15.8 Å². The number of aliphatic imine (C=N–C) groups is 1. The third-order valence-electron chi connectivity index (χ3n) is 2.21. The van der Waals surface area contributed by atoms with Gasteiger partial charge in [-0.2, -0.15) is 0 Å². The lowest BCUT2D eigenvalue weighted by Crippen LogP contribution is -2.24. The van der Waals surface area contributed by atoms with Gasteiger partial charge in [-0.25, -0.2) is 4.99 Å². The summed E-state index contributed by atoms with van der Waals surface area (Å²) in [6.45, 7) is 1.85. The number of hydrogen-bond donors (Lipinski definition) is 2. The van der Waals surface area contributed by atoms with Crippen molar-refractivity contribution in [1.29, 1.82) is 0 Å². The summed E-state index contributed by atoms with van der Waals surface area (Å²) in [5.74, 6) is 2.11. The maximum absolute atomic E-state index is 12.1. The molecule has 20 heavy (non-hydrogen) atoms. The number of guanidine groups is 1. The fourth-order valence-corrected chi connectivity index (χ4v) is 1.37. The van der Waals surface area contributed by atoms with E-state index in [1.807, 2.05) is 6.92 Å². The molecule has 3 N–H and O–H groups in total. The molecular weight excluding hydrogens is 271 g/mol. The van der Waals surface area contributed by atoms with E-state index in [0.29, 0.717) is 12.1 Å². The second-order valence-corrected chi connectivity index (χ2v) is 3.81. The number of ether oxygens (including phenoxy) is 1. The van der Waals surface area contributed by atoms with Gasteiger partial charge in [0, 0.05) is 11.8 Å². The molecule has 0 saturated heterocycles. The van der Waals surface area contributed by atoms with Gasteiger partial charge in [-0.1, -0.05) is 18.9 Å². The summed E-state index contributed by atoms with van der Waals surface area (Å²) in [6, 6.07) is 4.89. The largest absolute Gasteiger partial charge is 0.573 e. The van der Waals surface area contributed by atoms with E-state index < -0.39 is 6.36 Å². The summed E-state index contributed by atoms with van der Waals surface area (Å²) in [7, 11) is 0. The van der Waals surface area contributed by atoms with Gasteiger partial charge in [0.15, 0.2) is 5.96 Å². The summed E-state index contributed by atoms with van der Waals surface area (Å²) in [5.41, 5.74) is 5.93. The average molecular weight is 285 g/mol. The summed E-state index contributed by atoms with van der Waals surface area (Å²) >= 11 is 0. The number of anilines is 1. The average Bonchev–Trinajstić information content (AvgIpc) is 2.34. The van der Waals surface area contributed by atoms with Crippen molar-refractivity contribution in [2.24, 2.45) is 10.7 Å². The van der Waals surface area contributed by atoms with Gasteiger partial charge >= 0.3 is 6.36 Å². The summed E-state index contributed by atoms with van der Waals surface area (Å²) < 4.78 is 40.1. The lowest BCUT2D eigenvalue weighted by Gasteiger charge is -2.11. The van der Waals surface area contributed by atoms with E-state index >= 15 is 0 Å². The standard InChI is InChI=1S/C13H14F3N3O/c1-3-9(4-2)18-12(17)19-10-6-5-7-11(8-10)20-13(14,15)16/h1,5-9H,4H2,2H3,(H3,17,18,19). The molecule has 0 spiro atoms. The Morgan fingerprint density at radius 2 is 2.25 bits per heavy atom. The third kappa shape index (κ3) is 5.52. The van der Waals surface area contributed by atoms with E-state index in [2.05, 4.69) is 21.0 Å². The third-order valence-corrected chi connectivity index (χ3v) is 2.21. The minimum Gasteiger partial charge on any atom is -0.406 e. The Kier molecular flexibility index (Phi) is 5.26. The highest BCUT2D eigenvalue weighted by Gasteiger charge is 2.31. The molecule has 0 aliphatic rings. The van der Waals surface area contributed by atoms with Crippen LogP contribution < -0.4 is 15.8 Å². The maximum Gasteiger partial charge on any atom is 0.573 e. The molecule has 1 unspecified atom stereocenters. The van der Waals surface area contributed by atoms with E-state index in [1.54, 1.807) is 0 Å². The smallest absolute Gasteiger partial charge is 0.406 e. The second kappa shape index (κ2) is 6.70. The predicted molar refractivity (Wildman–Crippen MR) is 71.3 cm³/mol. The molecule has 7 heteroatoms. The molecule has 0 aromatic heterocycles. The topological polar surface area (TPSA) is 59.6 Å². The van der Waals surface area contributed by atoms with E-state index in [0.717, 1.165) is 6.07 Å². The number of terminal acetylenes is 1. The molecule has 0 amide bonds. The molecule has 1 rings (SSSR count). The van der Waals surface area contributed by atoms with Crippen LogP contribution in [-0.4, -0.2) is 18.4 Å². The van der Waals surface area contributed by atoms with Crippen LogP contribution in [0.1, 0.15) is 13.3 Å². The highest BCUT2D eigenvalue weighted by molar-refractivity contribution is 5.92. The molecule has 0 bridgehead atoms. The quantitative estimate of drug-likeness (QED) is 0.508. The molecule has 4 nitrogen and oxygen atoms in total. The first kappa shape index (κ1) is 15.7. The fourth-order valence-electron chi connectivity index (χ4n) is 1.37. The number of alkyl halides is 3. The van der Waals surface area contributed by atoms with Crippen LogP contribution in [0.2, 0.25) is 0 Å². The van der Waals surface area contributed by atoms with Crippen LogP contribution in [0, 0.1) is 12.3 Å². The van der Waals surface area contributed by atoms with Gasteiger partial charge in [-0.05, 0) is 18.6 Å². The Labute approximate surface area is 114 Å². The van der Waals surface area contributed by atoms with E-state index in [1.165, 1.54) is 18.2 Å². The molecule has 0 aliphatic heterocycles. The first-order valence-electron chi connectivity index (χ1n) is 5.76. The van der Waals surface area contributed by atoms with E-state index in [9.17, 15) is 13.2 Å². The van der Waals surface area contributed by atoms with Crippen LogP contribution in [-0.2, 0) is 0 Å². The Hall–Kier alpha value is -2.36. The van der Waals surface area contributed by atoms with Crippen LogP contribution in [0.25, 0.3) is 0 Å². The highest BCUT2D eigenvalue weighted by Crippen LogP contribution is 2.24. The zero-order valence-corrected chi connectivity index (χ0v) is 10.7. The molecule has 1 aromatic carbocycles. The number of benzene rings is 1. The Balaban J connectivity index is 2.79. The van der Waals surface area contributed by atoms with Crippen molar-refractivity contribution in [2.75, 3.05) is 5.32 Å². The van der Waals surface area contributed by atoms with Crippen molar-refractivity contribution in [3.63, 3.8) is 0 Å². The summed E-state index contributed by atoms with van der Waals surface area (Å²) in [4.78, 5) is 4.00. The minimum absolute atomic E-state index is 0.0268. The maximum atomic E-state index is 12.1. The molecule has 1 atom stereocenters. The summed E-state index contributed by atoms with van der Waals surface area (Å²) in [6.07, 6.45) is 1.10. The number of rotatable bonds is 4. The fraction of sp³-hybridized carbons (Fsp3) is 0.308. The predicted octanol–water partition coefficient (Wildman–Crippen LogP) is 2.72. The number of nitrogens with one attached hydrogen (secondary N) is 1. The van der Waals surface area contributed by atoms with Crippen molar-refractivity contribution < 1.29 is 17.9 Å². The Morgan fingerprint density at radius 3 is 2.80 bits per heavy atom. The number of nitrogens with two attached hydrogens (primary N) is 1. The zero-order valence-electron chi connectivity index (χ0n) is 10.7. The van der Waals surface area contributed by atoms with Crippen LogP contribution >= 0.6 is 0 Å². The second-order valence-electron chi connectivity index (χ2n) is 3.81. The molecule has 0 radical (unpaired) electrons. The molecule has 0 saturated carbocycles. The monoisotopic (exact) mass is 285 g/mol. The lowest BCUT2D eigenvalue weighted by atomic mass is 10.2. The molecule has 108 valence electrons. The van der Waals surface area contributed by atoms with Gasteiger partial charge in [-0.3, -0.25) is 0 Å². The number of halogens is 3. The first-order valence-corrected chi connectivity index (χ1v) is 5.76. The van der Waals surface area contributed by atoms with E-state index in [-0.39, 0.29) is 17.8 Å². The van der Waals surface area contributed by atoms with Gasteiger partial charge in [0.05, 0.1) is 0 Å². The van der Waals surface area contributed by atoms with Crippen molar-refractivity contribution in [3.8, 4) is 18.1 Å². The van der Waals surface area contributed by atoms with E-state index in [4.69, 9.17) is 12.2 Å². The van der Waals surface area contributed by atoms with Gasteiger partial charge in [0.25, 0.3) is 0 Å².